The predicted octanol–water partition coefficient (Wildman–Crippen LogP) is 4.78. The predicted molar refractivity (Wildman–Crippen MR) is 84.9 cm³/mol. The average Bonchev–Trinajstić information content (AvgIpc) is 2.43. The number of nitrogens with one attached hydrogen (secondary N) is 1. The Kier molecular flexibility index (Phi) is 5.04. The molecule has 0 unspecified atom stereocenters. The largest absolute Gasteiger partial charge is 0.478 e. The summed E-state index contributed by atoms with van der Waals surface area (Å²) in [5.74, 6) is -0.510. The molecular weight excluding hydrogens is 311 g/mol. The molecule has 2 N–H and O–H groups in total. The molecule has 21 heavy (non-hydrogen) atoms. The Morgan fingerprint density at radius 1 is 1.24 bits per heavy atom. The molecule has 0 fully saturated rings. The lowest BCUT2D eigenvalue weighted by Gasteiger charge is -2.09. The van der Waals surface area contributed by atoms with Crippen molar-refractivity contribution < 1.29 is 9.90 Å². The minimum absolute atomic E-state index is 0.205. The van der Waals surface area contributed by atoms with E-state index in [4.69, 9.17) is 28.3 Å². The maximum atomic E-state index is 11.2. The van der Waals surface area contributed by atoms with Crippen molar-refractivity contribution in [1.29, 1.82) is 0 Å². The van der Waals surface area contributed by atoms with Crippen LogP contribution in [0.4, 0.5) is 11.5 Å². The summed E-state index contributed by atoms with van der Waals surface area (Å²) in [5, 5.41) is 13.1. The Hall–Kier alpha value is -1.78. The molecule has 1 heterocycles. The van der Waals surface area contributed by atoms with Gasteiger partial charge in [0.25, 0.3) is 0 Å². The number of aromatic nitrogens is 1. The highest BCUT2D eigenvalue weighted by molar-refractivity contribution is 6.42. The van der Waals surface area contributed by atoms with E-state index in [1.807, 2.05) is 6.92 Å². The number of anilines is 2. The number of nitrogens with zero attached hydrogens (tertiary/aromatic N) is 1. The van der Waals surface area contributed by atoms with Crippen LogP contribution < -0.4 is 5.32 Å². The Morgan fingerprint density at radius 3 is 2.62 bits per heavy atom. The first-order valence-corrected chi connectivity index (χ1v) is 7.21. The van der Waals surface area contributed by atoms with Crippen molar-refractivity contribution in [1.82, 2.24) is 4.98 Å². The molecule has 0 saturated carbocycles. The Balaban J connectivity index is 2.33. The zero-order valence-corrected chi connectivity index (χ0v) is 12.9. The number of pyridine rings is 1. The third kappa shape index (κ3) is 4.09. The normalized spacial score (nSPS) is 10.4. The van der Waals surface area contributed by atoms with Crippen molar-refractivity contribution in [3.63, 3.8) is 0 Å². The van der Waals surface area contributed by atoms with E-state index in [1.165, 1.54) is 6.07 Å². The van der Waals surface area contributed by atoms with Crippen LogP contribution in [0.25, 0.3) is 0 Å². The summed E-state index contributed by atoms with van der Waals surface area (Å²) in [7, 11) is 0. The fraction of sp³-hybridized carbons (Fsp3) is 0.200. The average molecular weight is 325 g/mol. The second-order valence-corrected chi connectivity index (χ2v) is 5.36. The summed E-state index contributed by atoms with van der Waals surface area (Å²) in [6, 6.07) is 8.16. The maximum absolute atomic E-state index is 11.2. The van der Waals surface area contributed by atoms with Gasteiger partial charge in [0, 0.05) is 11.4 Å². The molecular formula is C15H14Cl2N2O2. The highest BCUT2D eigenvalue weighted by Gasteiger charge is 2.09. The van der Waals surface area contributed by atoms with Crippen molar-refractivity contribution in [3.8, 4) is 0 Å². The maximum Gasteiger partial charge on any atom is 0.335 e. The van der Waals surface area contributed by atoms with Crippen LogP contribution in [0.2, 0.25) is 10.0 Å². The van der Waals surface area contributed by atoms with Crippen molar-refractivity contribution >= 4 is 40.7 Å². The van der Waals surface area contributed by atoms with Crippen molar-refractivity contribution in [3.05, 3.63) is 51.6 Å². The quantitative estimate of drug-likeness (QED) is 0.830. The van der Waals surface area contributed by atoms with Crippen LogP contribution in [0.3, 0.4) is 0 Å². The number of halogens is 2. The minimum atomic E-state index is -0.980. The zero-order valence-electron chi connectivity index (χ0n) is 11.4. The van der Waals surface area contributed by atoms with Crippen LogP contribution in [-0.2, 0) is 6.42 Å². The van der Waals surface area contributed by atoms with E-state index < -0.39 is 5.97 Å². The van der Waals surface area contributed by atoms with Gasteiger partial charge in [0.2, 0.25) is 0 Å². The molecule has 0 saturated heterocycles. The molecule has 6 heteroatoms. The van der Waals surface area contributed by atoms with Gasteiger partial charge < -0.3 is 10.4 Å². The van der Waals surface area contributed by atoms with Crippen molar-refractivity contribution in [2.75, 3.05) is 5.32 Å². The zero-order chi connectivity index (χ0) is 15.4. The lowest BCUT2D eigenvalue weighted by molar-refractivity contribution is 0.0696. The summed E-state index contributed by atoms with van der Waals surface area (Å²) in [4.78, 5) is 15.6. The van der Waals surface area contributed by atoms with Crippen LogP contribution in [-0.4, -0.2) is 16.1 Å². The summed E-state index contributed by atoms with van der Waals surface area (Å²) >= 11 is 11.8. The molecule has 0 radical (unpaired) electrons. The standard InChI is InChI=1S/C15H14Cl2N2O2/c1-2-3-10-6-9(15(20)21)7-14(18-10)19-11-4-5-12(16)13(17)8-11/h4-8H,2-3H2,1H3,(H,18,19)(H,20,21). The third-order valence-electron chi connectivity index (χ3n) is 2.82. The number of hydrogen-bond donors (Lipinski definition) is 2. The van der Waals surface area contributed by atoms with E-state index in [0.717, 1.165) is 18.5 Å². The lowest BCUT2D eigenvalue weighted by atomic mass is 10.1. The molecule has 0 atom stereocenters. The molecule has 1 aromatic carbocycles. The van der Waals surface area contributed by atoms with E-state index in [-0.39, 0.29) is 5.56 Å². The molecule has 110 valence electrons. The number of rotatable bonds is 5. The van der Waals surface area contributed by atoms with Gasteiger partial charge in [-0.15, -0.1) is 0 Å². The van der Waals surface area contributed by atoms with Crippen LogP contribution >= 0.6 is 23.2 Å². The highest BCUT2D eigenvalue weighted by atomic mass is 35.5. The molecule has 4 nitrogen and oxygen atoms in total. The van der Waals surface area contributed by atoms with Crippen LogP contribution in [0.1, 0.15) is 29.4 Å². The Morgan fingerprint density at radius 2 is 2.00 bits per heavy atom. The molecule has 0 amide bonds. The molecule has 2 aromatic rings. The first kappa shape index (κ1) is 15.6. The SMILES string of the molecule is CCCc1cc(C(=O)O)cc(Nc2ccc(Cl)c(Cl)c2)n1. The number of carbonyl (C=O) groups is 1. The van der Waals surface area contributed by atoms with Crippen LogP contribution in [0.15, 0.2) is 30.3 Å². The van der Waals surface area contributed by atoms with Gasteiger partial charge >= 0.3 is 5.97 Å². The smallest absolute Gasteiger partial charge is 0.335 e. The summed E-state index contributed by atoms with van der Waals surface area (Å²) < 4.78 is 0. The van der Waals surface area contributed by atoms with Gasteiger partial charge in [-0.05, 0) is 36.8 Å². The Labute approximate surface area is 132 Å². The lowest BCUT2D eigenvalue weighted by Crippen LogP contribution is -2.03. The number of aromatic carboxylic acids is 1. The fourth-order valence-electron chi connectivity index (χ4n) is 1.88. The third-order valence-corrected chi connectivity index (χ3v) is 3.56. The van der Waals surface area contributed by atoms with E-state index in [1.54, 1.807) is 24.3 Å². The van der Waals surface area contributed by atoms with Gasteiger partial charge in [-0.25, -0.2) is 9.78 Å². The molecule has 0 aliphatic heterocycles. The number of benzene rings is 1. The molecule has 2 rings (SSSR count). The first-order valence-electron chi connectivity index (χ1n) is 6.46. The first-order chi connectivity index (χ1) is 9.99. The summed E-state index contributed by atoms with van der Waals surface area (Å²) in [6.45, 7) is 2.02. The number of hydrogen-bond acceptors (Lipinski definition) is 3. The van der Waals surface area contributed by atoms with Crippen molar-refractivity contribution in [2.45, 2.75) is 19.8 Å². The number of carboxylic acid groups (broad SMARTS) is 1. The Bertz CT molecular complexity index is 675. The van der Waals surface area contributed by atoms with Gasteiger partial charge in [-0.2, -0.15) is 0 Å². The highest BCUT2D eigenvalue weighted by Crippen LogP contribution is 2.27. The molecule has 0 spiro atoms. The van der Waals surface area contributed by atoms with E-state index in [2.05, 4.69) is 10.3 Å². The van der Waals surface area contributed by atoms with E-state index in [0.29, 0.717) is 21.6 Å². The topological polar surface area (TPSA) is 62.2 Å². The van der Waals surface area contributed by atoms with Crippen LogP contribution in [0, 0.1) is 0 Å². The second kappa shape index (κ2) is 6.78. The summed E-state index contributed by atoms with van der Waals surface area (Å²) in [5.41, 5.74) is 1.64. The van der Waals surface area contributed by atoms with Gasteiger partial charge in [0.05, 0.1) is 15.6 Å². The second-order valence-electron chi connectivity index (χ2n) is 4.54. The van der Waals surface area contributed by atoms with Crippen molar-refractivity contribution in [2.24, 2.45) is 0 Å². The van der Waals surface area contributed by atoms with Crippen LogP contribution in [0.5, 0.6) is 0 Å². The monoisotopic (exact) mass is 324 g/mol. The summed E-state index contributed by atoms with van der Waals surface area (Å²) in [6.07, 6.45) is 1.61. The molecule has 0 aliphatic carbocycles. The minimum Gasteiger partial charge on any atom is -0.478 e. The molecule has 0 aliphatic rings. The fourth-order valence-corrected chi connectivity index (χ4v) is 2.18. The number of aryl methyl sites for hydroxylation is 1. The van der Waals surface area contributed by atoms with E-state index >= 15 is 0 Å². The molecule has 1 aromatic heterocycles. The van der Waals surface area contributed by atoms with E-state index in [9.17, 15) is 4.79 Å². The van der Waals surface area contributed by atoms with Gasteiger partial charge in [0.1, 0.15) is 5.82 Å². The van der Waals surface area contributed by atoms with Gasteiger partial charge in [0.15, 0.2) is 0 Å². The molecule has 0 bridgehead atoms. The van der Waals surface area contributed by atoms with Gasteiger partial charge in [-0.3, -0.25) is 0 Å². The van der Waals surface area contributed by atoms with Gasteiger partial charge in [-0.1, -0.05) is 36.5 Å². The number of carboxylic acids is 1.